The highest BCUT2D eigenvalue weighted by atomic mass is 16.2. The van der Waals surface area contributed by atoms with Crippen LogP contribution in [0.4, 0.5) is 0 Å². The number of benzene rings is 1. The zero-order valence-corrected chi connectivity index (χ0v) is 13.2. The minimum absolute atomic E-state index is 0.0673. The molecule has 1 heterocycles. The Labute approximate surface area is 135 Å². The summed E-state index contributed by atoms with van der Waals surface area (Å²) in [6, 6.07) is 9.65. The van der Waals surface area contributed by atoms with E-state index in [4.69, 9.17) is 0 Å². The Kier molecular flexibility index (Phi) is 5.80. The lowest BCUT2D eigenvalue weighted by atomic mass is 10.1. The molecule has 6 nitrogen and oxygen atoms in total. The van der Waals surface area contributed by atoms with Crippen LogP contribution in [-0.2, 0) is 4.79 Å². The fourth-order valence-electron chi connectivity index (χ4n) is 2.03. The monoisotopic (exact) mass is 312 g/mol. The van der Waals surface area contributed by atoms with E-state index < -0.39 is 0 Å². The van der Waals surface area contributed by atoms with Gasteiger partial charge in [0.1, 0.15) is 5.69 Å². The van der Waals surface area contributed by atoms with Gasteiger partial charge in [0.2, 0.25) is 5.91 Å². The molecular weight excluding hydrogens is 292 g/mol. The van der Waals surface area contributed by atoms with E-state index in [9.17, 15) is 9.59 Å². The number of hydrogen-bond donors (Lipinski definition) is 2. The molecule has 2 amide bonds. The minimum atomic E-state index is -0.332. The molecule has 1 aromatic carbocycles. The lowest BCUT2D eigenvalue weighted by Crippen LogP contribution is -2.32. The van der Waals surface area contributed by atoms with Gasteiger partial charge in [-0.15, -0.1) is 0 Å². The predicted octanol–water partition coefficient (Wildman–Crippen LogP) is 1.78. The van der Waals surface area contributed by atoms with E-state index in [2.05, 4.69) is 20.6 Å². The maximum atomic E-state index is 11.9. The second-order valence-corrected chi connectivity index (χ2v) is 5.25. The molecule has 1 atom stereocenters. The topological polar surface area (TPSA) is 84.0 Å². The van der Waals surface area contributed by atoms with Crippen LogP contribution in [-0.4, -0.2) is 28.3 Å². The van der Waals surface area contributed by atoms with Crippen molar-refractivity contribution in [3.05, 3.63) is 59.7 Å². The zero-order valence-electron chi connectivity index (χ0n) is 13.2. The summed E-state index contributed by atoms with van der Waals surface area (Å²) in [7, 11) is 0. The molecule has 6 heteroatoms. The first-order valence-corrected chi connectivity index (χ1v) is 7.47. The minimum Gasteiger partial charge on any atom is -0.350 e. The van der Waals surface area contributed by atoms with Crippen molar-refractivity contribution in [1.29, 1.82) is 0 Å². The van der Waals surface area contributed by atoms with Crippen molar-refractivity contribution in [3.63, 3.8) is 0 Å². The third-order valence-corrected chi connectivity index (χ3v) is 3.33. The third-order valence-electron chi connectivity index (χ3n) is 3.33. The quantitative estimate of drug-likeness (QED) is 0.851. The van der Waals surface area contributed by atoms with Crippen LogP contribution >= 0.6 is 0 Å². The van der Waals surface area contributed by atoms with Crippen LogP contribution in [0.15, 0.2) is 42.7 Å². The van der Waals surface area contributed by atoms with E-state index in [1.54, 1.807) is 6.92 Å². The Hall–Kier alpha value is -2.76. The lowest BCUT2D eigenvalue weighted by Gasteiger charge is -2.14. The van der Waals surface area contributed by atoms with Crippen LogP contribution in [0.25, 0.3) is 0 Å². The molecule has 0 saturated carbocycles. The number of rotatable bonds is 6. The molecule has 0 aliphatic carbocycles. The Morgan fingerprint density at radius 1 is 1.13 bits per heavy atom. The number of carbonyl (C=O) groups is 2. The molecule has 0 aliphatic heterocycles. The average Bonchev–Trinajstić information content (AvgIpc) is 2.56. The Morgan fingerprint density at radius 2 is 1.87 bits per heavy atom. The van der Waals surface area contributed by atoms with E-state index in [0.717, 1.165) is 11.3 Å². The van der Waals surface area contributed by atoms with E-state index >= 15 is 0 Å². The number of aryl methyl sites for hydroxylation is 1. The van der Waals surface area contributed by atoms with Gasteiger partial charge in [0.15, 0.2) is 0 Å². The summed E-state index contributed by atoms with van der Waals surface area (Å²) in [5.74, 6) is -0.446. The number of nitrogens with one attached hydrogen (secondary N) is 2. The van der Waals surface area contributed by atoms with Gasteiger partial charge in [0.05, 0.1) is 17.9 Å². The Bertz CT molecular complexity index is 656. The van der Waals surface area contributed by atoms with Crippen molar-refractivity contribution in [3.8, 4) is 0 Å². The van der Waals surface area contributed by atoms with Gasteiger partial charge in [-0.05, 0) is 19.4 Å². The first-order valence-electron chi connectivity index (χ1n) is 7.47. The molecule has 0 spiro atoms. The molecule has 120 valence electrons. The smallest absolute Gasteiger partial charge is 0.271 e. The molecule has 23 heavy (non-hydrogen) atoms. The number of amides is 2. The summed E-state index contributed by atoms with van der Waals surface area (Å²) in [5.41, 5.74) is 2.03. The van der Waals surface area contributed by atoms with Crippen molar-refractivity contribution in [1.82, 2.24) is 20.6 Å². The summed E-state index contributed by atoms with van der Waals surface area (Å²) in [6.07, 6.45) is 3.16. The summed E-state index contributed by atoms with van der Waals surface area (Å²) in [4.78, 5) is 31.7. The summed E-state index contributed by atoms with van der Waals surface area (Å²) in [5, 5.41) is 5.56. The molecule has 0 aliphatic rings. The SMILES string of the molecule is Cc1cnc(C(=O)NCCC(=O)NC(C)c2ccccc2)cn1. The van der Waals surface area contributed by atoms with Gasteiger partial charge in [-0.1, -0.05) is 30.3 Å². The van der Waals surface area contributed by atoms with Gasteiger partial charge in [-0.25, -0.2) is 4.98 Å². The van der Waals surface area contributed by atoms with E-state index in [0.29, 0.717) is 0 Å². The Balaban J connectivity index is 1.74. The number of nitrogens with zero attached hydrogens (tertiary/aromatic N) is 2. The molecule has 1 aromatic heterocycles. The molecular formula is C17H20N4O2. The molecule has 2 rings (SSSR count). The molecule has 2 aromatic rings. The van der Waals surface area contributed by atoms with Gasteiger partial charge in [0, 0.05) is 19.2 Å². The predicted molar refractivity (Wildman–Crippen MR) is 86.7 cm³/mol. The maximum absolute atomic E-state index is 11.9. The number of hydrogen-bond acceptors (Lipinski definition) is 4. The van der Waals surface area contributed by atoms with Gasteiger partial charge in [-0.3, -0.25) is 14.6 Å². The van der Waals surface area contributed by atoms with Gasteiger partial charge >= 0.3 is 0 Å². The summed E-state index contributed by atoms with van der Waals surface area (Å²) in [6.45, 7) is 3.97. The highest BCUT2D eigenvalue weighted by Crippen LogP contribution is 2.10. The molecule has 0 fully saturated rings. The van der Waals surface area contributed by atoms with Crippen molar-refractivity contribution >= 4 is 11.8 Å². The summed E-state index contributed by atoms with van der Waals surface area (Å²) < 4.78 is 0. The fraction of sp³-hybridized carbons (Fsp3) is 0.294. The zero-order chi connectivity index (χ0) is 16.7. The van der Waals surface area contributed by atoms with Crippen LogP contribution < -0.4 is 10.6 Å². The largest absolute Gasteiger partial charge is 0.350 e. The van der Waals surface area contributed by atoms with Crippen molar-refractivity contribution < 1.29 is 9.59 Å². The molecule has 0 radical (unpaired) electrons. The molecule has 1 unspecified atom stereocenters. The van der Waals surface area contributed by atoms with Crippen LogP contribution in [0, 0.1) is 6.92 Å². The van der Waals surface area contributed by atoms with E-state index in [-0.39, 0.29) is 36.5 Å². The maximum Gasteiger partial charge on any atom is 0.271 e. The first-order chi connectivity index (χ1) is 11.1. The van der Waals surface area contributed by atoms with Crippen molar-refractivity contribution in [2.45, 2.75) is 26.3 Å². The third kappa shape index (κ3) is 5.18. The lowest BCUT2D eigenvalue weighted by molar-refractivity contribution is -0.121. The van der Waals surface area contributed by atoms with Gasteiger partial charge in [0.25, 0.3) is 5.91 Å². The van der Waals surface area contributed by atoms with Crippen molar-refractivity contribution in [2.24, 2.45) is 0 Å². The highest BCUT2D eigenvalue weighted by Gasteiger charge is 2.11. The van der Waals surface area contributed by atoms with Crippen LogP contribution in [0.1, 0.15) is 41.1 Å². The van der Waals surface area contributed by atoms with Crippen LogP contribution in [0.5, 0.6) is 0 Å². The second kappa shape index (κ2) is 8.03. The average molecular weight is 312 g/mol. The Morgan fingerprint density at radius 3 is 2.52 bits per heavy atom. The fourth-order valence-corrected chi connectivity index (χ4v) is 2.03. The van der Waals surface area contributed by atoms with Crippen LogP contribution in [0.2, 0.25) is 0 Å². The molecule has 0 bridgehead atoms. The number of aromatic nitrogens is 2. The highest BCUT2D eigenvalue weighted by molar-refractivity contribution is 5.92. The second-order valence-electron chi connectivity index (χ2n) is 5.25. The van der Waals surface area contributed by atoms with Gasteiger partial charge in [-0.2, -0.15) is 0 Å². The van der Waals surface area contributed by atoms with E-state index in [1.807, 2.05) is 37.3 Å². The number of carbonyl (C=O) groups excluding carboxylic acids is 2. The molecule has 2 N–H and O–H groups in total. The first kappa shape index (κ1) is 16.6. The van der Waals surface area contributed by atoms with Crippen LogP contribution in [0.3, 0.4) is 0 Å². The standard InChI is InChI=1S/C17H20N4O2/c1-12-10-20-15(11-19-12)17(23)18-9-8-16(22)21-13(2)14-6-4-3-5-7-14/h3-7,10-11,13H,8-9H2,1-2H3,(H,18,23)(H,21,22). The summed E-state index contributed by atoms with van der Waals surface area (Å²) >= 11 is 0. The molecule has 0 saturated heterocycles. The normalized spacial score (nSPS) is 11.6. The van der Waals surface area contributed by atoms with E-state index in [1.165, 1.54) is 12.4 Å². The van der Waals surface area contributed by atoms with Crippen molar-refractivity contribution in [2.75, 3.05) is 6.54 Å². The van der Waals surface area contributed by atoms with Gasteiger partial charge < -0.3 is 10.6 Å².